The molecule has 2 atom stereocenters. The second-order valence-corrected chi connectivity index (χ2v) is 13.9. The zero-order valence-corrected chi connectivity index (χ0v) is 28.8. The topological polar surface area (TPSA) is 64.7 Å². The van der Waals surface area contributed by atoms with Gasteiger partial charge in [0.25, 0.3) is 0 Å². The zero-order valence-electron chi connectivity index (χ0n) is 26.4. The molecule has 2 saturated carbocycles. The Labute approximate surface area is 287 Å². The maximum absolute atomic E-state index is 14.1. The first-order valence-electron chi connectivity index (χ1n) is 16.9. The minimum absolute atomic E-state index is 0. The molecule has 0 aromatic heterocycles. The predicted molar refractivity (Wildman–Crippen MR) is 187 cm³/mol. The van der Waals surface area contributed by atoms with Crippen LogP contribution in [-0.2, 0) is 22.6 Å². The van der Waals surface area contributed by atoms with Crippen molar-refractivity contribution in [1.29, 1.82) is 0 Å². The van der Waals surface area contributed by atoms with E-state index in [1.54, 1.807) is 0 Å². The Bertz CT molecular complexity index is 1210. The van der Waals surface area contributed by atoms with Gasteiger partial charge in [0.15, 0.2) is 0 Å². The Balaban J connectivity index is 0.00000230. The number of carbonyl (C=O) groups is 2. The van der Waals surface area contributed by atoms with Crippen LogP contribution in [0.3, 0.4) is 0 Å². The van der Waals surface area contributed by atoms with Crippen LogP contribution in [0.5, 0.6) is 0 Å². The number of hydrogen-bond donors (Lipinski definition) is 2. The molecule has 2 aromatic rings. The van der Waals surface area contributed by atoms with Crippen molar-refractivity contribution in [1.82, 2.24) is 20.4 Å². The molecule has 45 heavy (non-hydrogen) atoms. The molecule has 0 spiro atoms. The number of halogens is 3. The van der Waals surface area contributed by atoms with Gasteiger partial charge in [-0.3, -0.25) is 14.5 Å². The van der Waals surface area contributed by atoms with E-state index in [4.69, 9.17) is 11.6 Å². The van der Waals surface area contributed by atoms with Crippen LogP contribution in [0.4, 0.5) is 0 Å². The van der Waals surface area contributed by atoms with Crippen molar-refractivity contribution < 1.29 is 9.59 Å². The van der Waals surface area contributed by atoms with Crippen molar-refractivity contribution in [2.45, 2.75) is 102 Å². The Hall–Kier alpha value is -1.83. The van der Waals surface area contributed by atoms with Gasteiger partial charge in [-0.25, -0.2) is 0 Å². The van der Waals surface area contributed by atoms with Crippen molar-refractivity contribution in [3.05, 3.63) is 70.2 Å². The SMILES string of the molecule is Cl.Cl.O=C(CC1NCc2ccccc21)NC(Cc1ccc(Cl)cc1)C(=O)N1CCN(C(C2CCCCC2)C2CCCCC2)CC1. The highest BCUT2D eigenvalue weighted by molar-refractivity contribution is 6.30. The normalized spacial score (nSPS) is 21.8. The van der Waals surface area contributed by atoms with E-state index >= 15 is 0 Å². The summed E-state index contributed by atoms with van der Waals surface area (Å²) in [4.78, 5) is 32.2. The van der Waals surface area contributed by atoms with Crippen molar-refractivity contribution >= 4 is 48.2 Å². The Morgan fingerprint density at radius 3 is 2.04 bits per heavy atom. The average Bonchev–Trinajstić information content (AvgIpc) is 3.45. The standard InChI is InChI=1S/C36H49ClN4O2.2ClH/c37-30-17-15-26(16-18-30)23-33(39-34(42)24-32-31-14-8-7-13-29(31)25-38-32)36(43)41-21-19-40(20-22-41)35(27-9-3-1-4-10-27)28-11-5-2-6-12-28;;/h7-8,13-18,27-28,32-33,35,38H,1-6,9-12,19-25H2,(H,39,42);2*1H. The molecule has 2 unspecified atom stereocenters. The van der Waals surface area contributed by atoms with Gasteiger partial charge in [0.1, 0.15) is 6.04 Å². The van der Waals surface area contributed by atoms with Crippen molar-refractivity contribution in [2.24, 2.45) is 11.8 Å². The molecule has 2 aliphatic carbocycles. The summed E-state index contributed by atoms with van der Waals surface area (Å²) in [5.74, 6) is 1.57. The van der Waals surface area contributed by atoms with Gasteiger partial charge in [0.2, 0.25) is 11.8 Å². The first-order valence-corrected chi connectivity index (χ1v) is 17.3. The zero-order chi connectivity index (χ0) is 29.6. The van der Waals surface area contributed by atoms with Crippen LogP contribution in [0.2, 0.25) is 5.02 Å². The molecule has 9 heteroatoms. The number of amides is 2. The highest BCUT2D eigenvalue weighted by atomic mass is 35.5. The third-order valence-corrected chi connectivity index (χ3v) is 10.9. The van der Waals surface area contributed by atoms with Gasteiger partial charge < -0.3 is 15.5 Å². The number of nitrogens with zero attached hydrogens (tertiary/aromatic N) is 2. The molecule has 2 N–H and O–H groups in total. The molecule has 4 aliphatic rings. The van der Waals surface area contributed by atoms with Crippen LogP contribution in [0.15, 0.2) is 48.5 Å². The second kappa shape index (κ2) is 17.4. The van der Waals surface area contributed by atoms with Gasteiger partial charge >= 0.3 is 0 Å². The van der Waals surface area contributed by atoms with E-state index < -0.39 is 6.04 Å². The summed E-state index contributed by atoms with van der Waals surface area (Å²) >= 11 is 6.15. The van der Waals surface area contributed by atoms with E-state index in [2.05, 4.69) is 27.7 Å². The van der Waals surface area contributed by atoms with Crippen LogP contribution in [-0.4, -0.2) is 59.9 Å². The number of carbonyl (C=O) groups excluding carboxylic acids is 2. The molecule has 2 aromatic carbocycles. The van der Waals surface area contributed by atoms with Gasteiger partial charge in [-0.2, -0.15) is 0 Å². The van der Waals surface area contributed by atoms with E-state index in [0.29, 0.717) is 23.9 Å². The van der Waals surface area contributed by atoms with Gasteiger partial charge in [0.05, 0.1) is 0 Å². The maximum Gasteiger partial charge on any atom is 0.245 e. The molecule has 2 amide bonds. The molecule has 3 fully saturated rings. The quantitative estimate of drug-likeness (QED) is 0.297. The smallest absolute Gasteiger partial charge is 0.245 e. The molecule has 6 rings (SSSR count). The van der Waals surface area contributed by atoms with Gasteiger partial charge in [-0.1, -0.05) is 86.5 Å². The molecule has 0 bridgehead atoms. The highest BCUT2D eigenvalue weighted by Gasteiger charge is 2.38. The Morgan fingerprint density at radius 1 is 0.822 bits per heavy atom. The van der Waals surface area contributed by atoms with E-state index in [1.807, 2.05) is 41.3 Å². The summed E-state index contributed by atoms with van der Waals surface area (Å²) in [5, 5.41) is 7.29. The number of nitrogens with one attached hydrogen (secondary N) is 2. The van der Waals surface area contributed by atoms with Crippen LogP contribution in [0.25, 0.3) is 0 Å². The number of hydrogen-bond acceptors (Lipinski definition) is 4. The summed E-state index contributed by atoms with van der Waals surface area (Å²) < 4.78 is 0. The van der Waals surface area contributed by atoms with E-state index in [0.717, 1.165) is 50.1 Å². The summed E-state index contributed by atoms with van der Waals surface area (Å²) in [5.41, 5.74) is 3.42. The first-order chi connectivity index (χ1) is 21.0. The third kappa shape index (κ3) is 9.16. The average molecular weight is 678 g/mol. The first kappa shape index (κ1) is 36.0. The molecular weight excluding hydrogens is 627 g/mol. The summed E-state index contributed by atoms with van der Waals surface area (Å²) in [6, 6.07) is 15.9. The predicted octanol–water partition coefficient (Wildman–Crippen LogP) is 7.12. The van der Waals surface area contributed by atoms with Gasteiger partial charge in [-0.15, -0.1) is 24.8 Å². The lowest BCUT2D eigenvalue weighted by Crippen LogP contribution is -2.59. The fraction of sp³-hybridized carbons (Fsp3) is 0.611. The molecule has 6 nitrogen and oxygen atoms in total. The molecule has 1 saturated heterocycles. The minimum Gasteiger partial charge on any atom is -0.344 e. The molecule has 248 valence electrons. The number of fused-ring (bicyclic) bond motifs is 1. The lowest BCUT2D eigenvalue weighted by atomic mass is 9.73. The Kier molecular flexibility index (Phi) is 13.9. The monoisotopic (exact) mass is 676 g/mol. The van der Waals surface area contributed by atoms with Gasteiger partial charge in [0, 0.05) is 62.7 Å². The number of rotatable bonds is 9. The third-order valence-electron chi connectivity index (χ3n) is 10.7. The minimum atomic E-state index is -0.593. The van der Waals surface area contributed by atoms with E-state index in [1.165, 1.54) is 75.3 Å². The van der Waals surface area contributed by atoms with Crippen LogP contribution < -0.4 is 10.6 Å². The number of piperazine rings is 1. The fourth-order valence-electron chi connectivity index (χ4n) is 8.45. The van der Waals surface area contributed by atoms with Crippen LogP contribution >= 0.6 is 36.4 Å². The lowest BCUT2D eigenvalue weighted by Gasteiger charge is -2.48. The molecule has 2 heterocycles. The van der Waals surface area contributed by atoms with Crippen LogP contribution in [0.1, 0.15) is 93.4 Å². The maximum atomic E-state index is 14.1. The largest absolute Gasteiger partial charge is 0.344 e. The van der Waals surface area contributed by atoms with Crippen molar-refractivity contribution in [3.63, 3.8) is 0 Å². The fourth-order valence-corrected chi connectivity index (χ4v) is 8.57. The number of benzene rings is 2. The Morgan fingerprint density at radius 2 is 1.42 bits per heavy atom. The van der Waals surface area contributed by atoms with Crippen molar-refractivity contribution in [2.75, 3.05) is 26.2 Å². The summed E-state index contributed by atoms with van der Waals surface area (Å²) in [6.07, 6.45) is 14.5. The van der Waals surface area contributed by atoms with Crippen LogP contribution in [0, 0.1) is 11.8 Å². The van der Waals surface area contributed by atoms with Crippen molar-refractivity contribution in [3.8, 4) is 0 Å². The molecular formula is C36H51Cl3N4O2. The van der Waals surface area contributed by atoms with Gasteiger partial charge in [-0.05, 0) is 66.3 Å². The van der Waals surface area contributed by atoms with E-state index in [9.17, 15) is 9.59 Å². The van der Waals surface area contributed by atoms with E-state index in [-0.39, 0.29) is 42.7 Å². The summed E-state index contributed by atoms with van der Waals surface area (Å²) in [7, 11) is 0. The lowest BCUT2D eigenvalue weighted by molar-refractivity contribution is -0.138. The summed E-state index contributed by atoms with van der Waals surface area (Å²) in [6.45, 7) is 4.12. The molecule has 2 aliphatic heterocycles. The highest BCUT2D eigenvalue weighted by Crippen LogP contribution is 2.39. The second-order valence-electron chi connectivity index (χ2n) is 13.4. The molecule has 0 radical (unpaired) electrons.